The summed E-state index contributed by atoms with van der Waals surface area (Å²) in [6.07, 6.45) is 6.72. The Kier molecular flexibility index (Phi) is 9.59. The van der Waals surface area contributed by atoms with Gasteiger partial charge in [0.15, 0.2) is 6.04 Å². The SMILES string of the molecule is COC(=O)C(NC(=O)[C@H](CCCC1(C(C)(C)C)CCCCC1)CC(=O)O)C(C)O. The van der Waals surface area contributed by atoms with Gasteiger partial charge in [-0.2, -0.15) is 0 Å². The van der Waals surface area contributed by atoms with E-state index >= 15 is 0 Å². The van der Waals surface area contributed by atoms with Crippen molar-refractivity contribution in [1.29, 1.82) is 0 Å². The number of hydrogen-bond acceptors (Lipinski definition) is 5. The molecule has 0 aliphatic heterocycles. The van der Waals surface area contributed by atoms with Crippen LogP contribution in [0.15, 0.2) is 0 Å². The number of aliphatic carboxylic acids is 1. The van der Waals surface area contributed by atoms with Gasteiger partial charge in [0.25, 0.3) is 0 Å². The van der Waals surface area contributed by atoms with E-state index in [9.17, 15) is 24.6 Å². The van der Waals surface area contributed by atoms with Gasteiger partial charge < -0.3 is 20.3 Å². The number of rotatable bonds is 10. The fourth-order valence-electron chi connectivity index (χ4n) is 4.60. The summed E-state index contributed by atoms with van der Waals surface area (Å²) < 4.78 is 4.62. The molecule has 0 spiro atoms. The first-order valence-corrected chi connectivity index (χ1v) is 10.7. The van der Waals surface area contributed by atoms with Gasteiger partial charge in [-0.3, -0.25) is 9.59 Å². The van der Waals surface area contributed by atoms with Crippen molar-refractivity contribution in [3.63, 3.8) is 0 Å². The lowest BCUT2D eigenvalue weighted by Crippen LogP contribution is -2.50. The van der Waals surface area contributed by atoms with E-state index in [0.29, 0.717) is 6.42 Å². The van der Waals surface area contributed by atoms with Gasteiger partial charge in [-0.05, 0) is 43.4 Å². The largest absolute Gasteiger partial charge is 0.481 e. The average Bonchev–Trinajstić information content (AvgIpc) is 2.63. The zero-order chi connectivity index (χ0) is 22.2. The molecular formula is C22H39NO6. The second-order valence-electron chi connectivity index (χ2n) is 9.53. The quantitative estimate of drug-likeness (QED) is 0.474. The lowest BCUT2D eigenvalue weighted by molar-refractivity contribution is -0.149. The lowest BCUT2D eigenvalue weighted by atomic mass is 9.57. The van der Waals surface area contributed by atoms with Crippen molar-refractivity contribution >= 4 is 17.8 Å². The van der Waals surface area contributed by atoms with Gasteiger partial charge in [0, 0.05) is 5.92 Å². The molecule has 7 nitrogen and oxygen atoms in total. The molecular weight excluding hydrogens is 374 g/mol. The number of carbonyl (C=O) groups is 3. The van der Waals surface area contributed by atoms with E-state index in [4.69, 9.17) is 0 Å². The highest BCUT2D eigenvalue weighted by Crippen LogP contribution is 2.52. The molecule has 0 bridgehead atoms. The molecule has 7 heteroatoms. The van der Waals surface area contributed by atoms with E-state index in [0.717, 1.165) is 12.8 Å². The first-order chi connectivity index (χ1) is 13.4. The second kappa shape index (κ2) is 11.0. The summed E-state index contributed by atoms with van der Waals surface area (Å²) in [5.74, 6) is -3.09. The number of aliphatic hydroxyl groups is 1. The summed E-state index contributed by atoms with van der Waals surface area (Å²) in [5.41, 5.74) is 0.365. The molecule has 2 unspecified atom stereocenters. The number of nitrogens with one attached hydrogen (secondary N) is 1. The molecule has 1 amide bonds. The van der Waals surface area contributed by atoms with E-state index in [2.05, 4.69) is 30.8 Å². The summed E-state index contributed by atoms with van der Waals surface area (Å²) in [4.78, 5) is 35.8. The number of methoxy groups -OCH3 is 1. The average molecular weight is 414 g/mol. The zero-order valence-corrected chi connectivity index (χ0v) is 18.6. The fraction of sp³-hybridized carbons (Fsp3) is 0.864. The molecule has 1 aliphatic carbocycles. The molecule has 1 fully saturated rings. The van der Waals surface area contributed by atoms with E-state index in [-0.39, 0.29) is 17.3 Å². The number of carboxylic acids is 1. The van der Waals surface area contributed by atoms with Gasteiger partial charge in [0.05, 0.1) is 19.6 Å². The maximum Gasteiger partial charge on any atom is 0.331 e. The number of carboxylic acid groups (broad SMARTS) is 1. The Morgan fingerprint density at radius 2 is 1.72 bits per heavy atom. The van der Waals surface area contributed by atoms with Gasteiger partial charge >= 0.3 is 11.9 Å². The van der Waals surface area contributed by atoms with Crippen molar-refractivity contribution in [2.24, 2.45) is 16.7 Å². The van der Waals surface area contributed by atoms with Crippen LogP contribution in [-0.4, -0.2) is 47.3 Å². The highest BCUT2D eigenvalue weighted by atomic mass is 16.5. The third kappa shape index (κ3) is 7.28. The molecule has 0 aromatic rings. The number of hydrogen-bond donors (Lipinski definition) is 3. The van der Waals surface area contributed by atoms with Crippen molar-refractivity contribution in [2.45, 2.75) is 97.6 Å². The van der Waals surface area contributed by atoms with Crippen LogP contribution in [0, 0.1) is 16.7 Å². The number of esters is 1. The molecule has 29 heavy (non-hydrogen) atoms. The van der Waals surface area contributed by atoms with Crippen LogP contribution in [0.1, 0.15) is 85.5 Å². The Hall–Kier alpha value is -1.63. The van der Waals surface area contributed by atoms with Crippen molar-refractivity contribution in [3.8, 4) is 0 Å². The Bertz CT molecular complexity index is 560. The number of ether oxygens (including phenoxy) is 1. The number of amides is 1. The summed E-state index contributed by atoms with van der Waals surface area (Å²) in [7, 11) is 1.18. The minimum absolute atomic E-state index is 0.153. The Labute approximate surface area is 174 Å². The van der Waals surface area contributed by atoms with Gasteiger partial charge in [-0.15, -0.1) is 0 Å². The molecule has 1 saturated carbocycles. The Morgan fingerprint density at radius 1 is 1.14 bits per heavy atom. The van der Waals surface area contributed by atoms with Crippen LogP contribution in [0.25, 0.3) is 0 Å². The van der Waals surface area contributed by atoms with E-state index in [1.165, 1.54) is 46.1 Å². The maximum atomic E-state index is 12.7. The molecule has 0 radical (unpaired) electrons. The fourth-order valence-corrected chi connectivity index (χ4v) is 4.60. The summed E-state index contributed by atoms with van der Waals surface area (Å²) in [6.45, 7) is 8.18. The molecule has 0 aromatic heterocycles. The zero-order valence-electron chi connectivity index (χ0n) is 18.6. The van der Waals surface area contributed by atoms with E-state index in [1.807, 2.05) is 0 Å². The normalized spacial score (nSPS) is 19.7. The topological polar surface area (TPSA) is 113 Å². The van der Waals surface area contributed by atoms with Crippen LogP contribution in [0.3, 0.4) is 0 Å². The molecule has 3 atom stereocenters. The molecule has 168 valence electrons. The molecule has 0 aromatic carbocycles. The highest BCUT2D eigenvalue weighted by Gasteiger charge is 2.42. The Morgan fingerprint density at radius 3 is 2.17 bits per heavy atom. The third-order valence-electron chi connectivity index (χ3n) is 6.64. The first kappa shape index (κ1) is 25.4. The van der Waals surface area contributed by atoms with Crippen LogP contribution in [0.5, 0.6) is 0 Å². The van der Waals surface area contributed by atoms with Gasteiger partial charge in [0.2, 0.25) is 5.91 Å². The molecule has 1 aliphatic rings. The monoisotopic (exact) mass is 413 g/mol. The second-order valence-corrected chi connectivity index (χ2v) is 9.53. The third-order valence-corrected chi connectivity index (χ3v) is 6.64. The standard InChI is InChI=1S/C22H39NO6/c1-15(24)18(20(28)29-5)23-19(27)16(14-17(25)26)10-9-13-22(21(2,3)4)11-7-6-8-12-22/h15-16,18,24H,6-14H2,1-5H3,(H,23,27)(H,25,26)/t15?,16-,18?/m1/s1. The molecule has 3 N–H and O–H groups in total. The summed E-state index contributed by atoms with van der Waals surface area (Å²) in [6, 6.07) is -1.21. The van der Waals surface area contributed by atoms with Gasteiger partial charge in [-0.1, -0.05) is 46.5 Å². The van der Waals surface area contributed by atoms with Crippen LogP contribution < -0.4 is 5.32 Å². The van der Waals surface area contributed by atoms with Crippen LogP contribution >= 0.6 is 0 Å². The summed E-state index contributed by atoms with van der Waals surface area (Å²) >= 11 is 0. The smallest absolute Gasteiger partial charge is 0.331 e. The van der Waals surface area contributed by atoms with Gasteiger partial charge in [0.1, 0.15) is 0 Å². The van der Waals surface area contributed by atoms with Crippen molar-refractivity contribution < 1.29 is 29.3 Å². The minimum atomic E-state index is -1.21. The van der Waals surface area contributed by atoms with Crippen molar-refractivity contribution in [3.05, 3.63) is 0 Å². The van der Waals surface area contributed by atoms with Crippen LogP contribution in [0.4, 0.5) is 0 Å². The van der Waals surface area contributed by atoms with Gasteiger partial charge in [-0.25, -0.2) is 4.79 Å². The lowest BCUT2D eigenvalue weighted by Gasteiger charge is -2.48. The highest BCUT2D eigenvalue weighted by molar-refractivity contribution is 5.88. The minimum Gasteiger partial charge on any atom is -0.481 e. The maximum absolute atomic E-state index is 12.7. The van der Waals surface area contributed by atoms with Crippen LogP contribution in [0.2, 0.25) is 0 Å². The predicted molar refractivity (Wildman–Crippen MR) is 110 cm³/mol. The summed E-state index contributed by atoms with van der Waals surface area (Å²) in [5, 5.41) is 21.5. The number of carbonyl (C=O) groups excluding carboxylic acids is 2. The number of aliphatic hydroxyl groups excluding tert-OH is 1. The molecule has 1 rings (SSSR count). The first-order valence-electron chi connectivity index (χ1n) is 10.7. The van der Waals surface area contributed by atoms with Crippen molar-refractivity contribution in [1.82, 2.24) is 5.32 Å². The van der Waals surface area contributed by atoms with E-state index in [1.54, 1.807) is 0 Å². The Balaban J connectivity index is 2.81. The predicted octanol–water partition coefficient (Wildman–Crippen LogP) is 3.28. The van der Waals surface area contributed by atoms with E-state index < -0.39 is 35.9 Å². The van der Waals surface area contributed by atoms with Crippen molar-refractivity contribution in [2.75, 3.05) is 7.11 Å². The molecule has 0 heterocycles. The van der Waals surface area contributed by atoms with Crippen LogP contribution in [-0.2, 0) is 19.1 Å². The molecule has 0 saturated heterocycles.